The first-order valence-electron chi connectivity index (χ1n) is 4.14. The maximum atomic E-state index is 10.1. The van der Waals surface area contributed by atoms with Crippen LogP contribution in [0, 0.1) is 0 Å². The fourth-order valence-electron chi connectivity index (χ4n) is 0.339. The summed E-state index contributed by atoms with van der Waals surface area (Å²) in [5, 5.41) is 8.12. The summed E-state index contributed by atoms with van der Waals surface area (Å²) in [6, 6.07) is 0. The maximum absolute atomic E-state index is 10.1. The highest BCUT2D eigenvalue weighted by Gasteiger charge is 2.21. The van der Waals surface area contributed by atoms with Gasteiger partial charge in [-0.2, -0.15) is 0 Å². The lowest BCUT2D eigenvalue weighted by Crippen LogP contribution is -2.37. The number of rotatable bonds is 3. The van der Waals surface area contributed by atoms with Crippen molar-refractivity contribution in [1.29, 1.82) is 0 Å². The third-order valence-electron chi connectivity index (χ3n) is 0.718. The number of carboxylic acids is 1. The molecule has 1 unspecified atom stereocenters. The zero-order valence-corrected chi connectivity index (χ0v) is 8.83. The summed E-state index contributed by atoms with van der Waals surface area (Å²) in [6.07, 6.45) is -1.52. The zero-order chi connectivity index (χ0) is 11.4. The van der Waals surface area contributed by atoms with Crippen LogP contribution in [0.25, 0.3) is 0 Å². The normalized spacial score (nSPS) is 9.62. The third-order valence-corrected chi connectivity index (χ3v) is 0.718. The second-order valence-electron chi connectivity index (χ2n) is 1.36. The van der Waals surface area contributed by atoms with Crippen LogP contribution in [0.15, 0.2) is 0 Å². The number of methoxy groups -OCH3 is 1. The number of hydrogen-bond donors (Lipinski definition) is 2. The molecule has 0 aliphatic carbocycles. The molecule has 0 rings (SSSR count). The van der Waals surface area contributed by atoms with Gasteiger partial charge in [-0.15, -0.1) is 0 Å². The van der Waals surface area contributed by atoms with Gasteiger partial charge in [0.05, 0.1) is 0 Å². The van der Waals surface area contributed by atoms with Gasteiger partial charge in [-0.05, 0) is 0 Å². The van der Waals surface area contributed by atoms with Crippen LogP contribution in [-0.2, 0) is 14.3 Å². The predicted molar refractivity (Wildman–Crippen MR) is 50.3 cm³/mol. The van der Waals surface area contributed by atoms with Crippen molar-refractivity contribution in [2.45, 2.75) is 33.8 Å². The van der Waals surface area contributed by atoms with Crippen LogP contribution < -0.4 is 5.73 Å². The Morgan fingerprint density at radius 2 is 1.54 bits per heavy atom. The summed E-state index contributed by atoms with van der Waals surface area (Å²) < 4.78 is 4.20. The van der Waals surface area contributed by atoms with E-state index in [1.807, 2.05) is 27.7 Å². The fraction of sp³-hybridized carbons (Fsp3) is 0.750. The molecule has 0 aliphatic heterocycles. The average molecular weight is 193 g/mol. The van der Waals surface area contributed by atoms with Gasteiger partial charge in [0.1, 0.15) is 0 Å². The topological polar surface area (TPSA) is 89.6 Å². The number of carbonyl (C=O) groups is 2. The van der Waals surface area contributed by atoms with Gasteiger partial charge in [0.15, 0.2) is 0 Å². The van der Waals surface area contributed by atoms with Crippen molar-refractivity contribution in [1.82, 2.24) is 0 Å². The molecule has 0 heterocycles. The Kier molecular flexibility index (Phi) is 18.5. The molecule has 0 aromatic carbocycles. The van der Waals surface area contributed by atoms with E-state index in [1.165, 1.54) is 0 Å². The number of primary amides is 1. The lowest BCUT2D eigenvalue weighted by Gasteiger charge is -2.02. The molecule has 1 atom stereocenters. The van der Waals surface area contributed by atoms with Crippen LogP contribution in [-0.4, -0.2) is 30.2 Å². The van der Waals surface area contributed by atoms with Gasteiger partial charge in [-0.1, -0.05) is 27.7 Å². The Balaban J connectivity index is -0.000000218. The van der Waals surface area contributed by atoms with Gasteiger partial charge >= 0.3 is 5.97 Å². The predicted octanol–water partition coefficient (Wildman–Crippen LogP) is 0.624. The number of carbonyl (C=O) groups excluding carboxylic acids is 1. The van der Waals surface area contributed by atoms with Crippen LogP contribution in [0.2, 0.25) is 0 Å². The standard InChI is InChI=1S/C4H7NO4.2C2H6/c1-9-2(3(5)6)4(7)8;2*1-2/h2H,1H3,(H2,5,6)(H,7,8);2*1-2H3. The van der Waals surface area contributed by atoms with Crippen molar-refractivity contribution in [3.05, 3.63) is 0 Å². The lowest BCUT2D eigenvalue weighted by atomic mass is 10.3. The Morgan fingerprint density at radius 1 is 1.23 bits per heavy atom. The number of nitrogens with two attached hydrogens (primary N) is 1. The molecule has 0 aromatic heterocycles. The quantitative estimate of drug-likeness (QED) is 0.643. The van der Waals surface area contributed by atoms with E-state index in [0.29, 0.717) is 0 Å². The number of aliphatic carboxylic acids is 1. The van der Waals surface area contributed by atoms with Crippen molar-refractivity contribution in [2.24, 2.45) is 5.73 Å². The molecule has 0 radical (unpaired) electrons. The van der Waals surface area contributed by atoms with Crippen LogP contribution >= 0.6 is 0 Å². The molecule has 13 heavy (non-hydrogen) atoms. The van der Waals surface area contributed by atoms with Gasteiger partial charge in [0.2, 0.25) is 6.10 Å². The van der Waals surface area contributed by atoms with Gasteiger partial charge in [0, 0.05) is 7.11 Å². The van der Waals surface area contributed by atoms with E-state index < -0.39 is 18.0 Å². The number of hydrogen-bond acceptors (Lipinski definition) is 3. The lowest BCUT2D eigenvalue weighted by molar-refractivity contribution is -0.153. The first-order chi connectivity index (χ1) is 6.09. The Morgan fingerprint density at radius 3 is 1.54 bits per heavy atom. The van der Waals surface area contributed by atoms with E-state index in [-0.39, 0.29) is 0 Å². The fourth-order valence-corrected chi connectivity index (χ4v) is 0.339. The van der Waals surface area contributed by atoms with E-state index in [9.17, 15) is 9.59 Å². The summed E-state index contributed by atoms with van der Waals surface area (Å²) in [5.74, 6) is -2.37. The molecular weight excluding hydrogens is 174 g/mol. The van der Waals surface area contributed by atoms with Crippen molar-refractivity contribution < 1.29 is 19.4 Å². The van der Waals surface area contributed by atoms with E-state index in [2.05, 4.69) is 10.5 Å². The van der Waals surface area contributed by atoms with Gasteiger partial charge in [0.25, 0.3) is 5.91 Å². The van der Waals surface area contributed by atoms with Crippen LogP contribution in [0.3, 0.4) is 0 Å². The number of ether oxygens (including phenoxy) is 1. The van der Waals surface area contributed by atoms with Gasteiger partial charge in [-0.25, -0.2) is 4.79 Å². The van der Waals surface area contributed by atoms with Gasteiger partial charge < -0.3 is 15.6 Å². The minimum Gasteiger partial charge on any atom is -0.479 e. The largest absolute Gasteiger partial charge is 0.479 e. The maximum Gasteiger partial charge on any atom is 0.342 e. The molecule has 5 heteroatoms. The van der Waals surface area contributed by atoms with E-state index >= 15 is 0 Å². The third kappa shape index (κ3) is 10.9. The average Bonchev–Trinajstić information content (AvgIpc) is 2.11. The zero-order valence-electron chi connectivity index (χ0n) is 8.83. The number of carboxylic acid groups (broad SMARTS) is 1. The number of amides is 1. The van der Waals surface area contributed by atoms with E-state index in [0.717, 1.165) is 7.11 Å². The van der Waals surface area contributed by atoms with Crippen LogP contribution in [0.4, 0.5) is 0 Å². The van der Waals surface area contributed by atoms with Crippen LogP contribution in [0.1, 0.15) is 27.7 Å². The summed E-state index contributed by atoms with van der Waals surface area (Å²) in [5.41, 5.74) is 4.60. The molecule has 5 nitrogen and oxygen atoms in total. The molecule has 0 aromatic rings. The van der Waals surface area contributed by atoms with E-state index in [1.54, 1.807) is 0 Å². The molecule has 3 N–H and O–H groups in total. The summed E-state index contributed by atoms with van der Waals surface area (Å²) in [7, 11) is 1.10. The SMILES string of the molecule is CC.CC.COC(C(N)=O)C(=O)O. The molecule has 0 spiro atoms. The molecular formula is C8H19NO4. The van der Waals surface area contributed by atoms with Crippen molar-refractivity contribution in [2.75, 3.05) is 7.11 Å². The Labute approximate surface area is 78.9 Å². The highest BCUT2D eigenvalue weighted by atomic mass is 16.5. The highest BCUT2D eigenvalue weighted by Crippen LogP contribution is 1.86. The van der Waals surface area contributed by atoms with E-state index in [4.69, 9.17) is 5.11 Å². The van der Waals surface area contributed by atoms with Crippen LogP contribution in [0.5, 0.6) is 0 Å². The molecule has 0 saturated carbocycles. The minimum absolute atomic E-state index is 0.995. The van der Waals surface area contributed by atoms with Crippen molar-refractivity contribution in [3.63, 3.8) is 0 Å². The van der Waals surface area contributed by atoms with Crippen molar-refractivity contribution >= 4 is 11.9 Å². The Bertz CT molecular complexity index is 122. The molecule has 0 saturated heterocycles. The summed E-state index contributed by atoms with van der Waals surface area (Å²) in [4.78, 5) is 20.0. The monoisotopic (exact) mass is 193 g/mol. The summed E-state index contributed by atoms with van der Waals surface area (Å²) >= 11 is 0. The van der Waals surface area contributed by atoms with Gasteiger partial charge in [-0.3, -0.25) is 4.79 Å². The first kappa shape index (κ1) is 17.8. The molecule has 1 amide bonds. The second kappa shape index (κ2) is 13.5. The van der Waals surface area contributed by atoms with Crippen molar-refractivity contribution in [3.8, 4) is 0 Å². The highest BCUT2D eigenvalue weighted by molar-refractivity contribution is 5.99. The first-order valence-corrected chi connectivity index (χ1v) is 4.14. The molecule has 0 fully saturated rings. The smallest absolute Gasteiger partial charge is 0.342 e. The minimum atomic E-state index is -1.52. The second-order valence-corrected chi connectivity index (χ2v) is 1.36. The summed E-state index contributed by atoms with van der Waals surface area (Å²) in [6.45, 7) is 8.00. The Hall–Kier alpha value is -1.10. The molecule has 80 valence electrons. The molecule has 0 bridgehead atoms. The molecule has 0 aliphatic rings.